The first-order chi connectivity index (χ1) is 16.8. The number of H-pyrrole nitrogens is 1. The fraction of sp³-hybridized carbons (Fsp3) is 0.462. The van der Waals surface area contributed by atoms with Gasteiger partial charge in [0.15, 0.2) is 0 Å². The van der Waals surface area contributed by atoms with Crippen molar-refractivity contribution in [2.24, 2.45) is 0 Å². The Morgan fingerprint density at radius 1 is 1.09 bits per heavy atom. The normalized spacial score (nSPS) is 13.8. The molecule has 35 heavy (non-hydrogen) atoms. The first-order valence-electron chi connectivity index (χ1n) is 12.0. The van der Waals surface area contributed by atoms with E-state index in [0.717, 1.165) is 28.2 Å². The number of nitrogens with one attached hydrogen (secondary N) is 1. The van der Waals surface area contributed by atoms with Crippen molar-refractivity contribution in [1.82, 2.24) is 24.6 Å². The Labute approximate surface area is 205 Å². The zero-order valence-electron chi connectivity index (χ0n) is 21.2. The number of aromatic nitrogens is 4. The molecule has 9 heteroatoms. The van der Waals surface area contributed by atoms with Crippen molar-refractivity contribution in [3.8, 4) is 5.69 Å². The Hall–Kier alpha value is -3.46. The molecule has 9 nitrogen and oxygen atoms in total. The van der Waals surface area contributed by atoms with Crippen molar-refractivity contribution < 1.29 is 9.53 Å². The highest BCUT2D eigenvalue weighted by molar-refractivity contribution is 5.76. The van der Waals surface area contributed by atoms with E-state index in [0.29, 0.717) is 56.5 Å². The van der Waals surface area contributed by atoms with Crippen LogP contribution in [0.5, 0.6) is 0 Å². The number of ether oxygens (including phenoxy) is 1. The minimum absolute atomic E-state index is 0.0245. The van der Waals surface area contributed by atoms with E-state index in [1.165, 1.54) is 0 Å². The molecule has 4 rings (SSSR count). The smallest absolute Gasteiger partial charge is 0.255 e. The van der Waals surface area contributed by atoms with Crippen LogP contribution in [0.1, 0.15) is 40.2 Å². The summed E-state index contributed by atoms with van der Waals surface area (Å²) < 4.78 is 7.32. The third kappa shape index (κ3) is 5.30. The Bertz CT molecular complexity index is 1270. The van der Waals surface area contributed by atoms with Crippen LogP contribution >= 0.6 is 0 Å². The molecule has 0 atom stereocenters. The largest absolute Gasteiger partial charge is 0.378 e. The first kappa shape index (κ1) is 24.7. The molecule has 0 unspecified atom stereocenters. The molecule has 0 bridgehead atoms. The van der Waals surface area contributed by atoms with E-state index in [-0.39, 0.29) is 17.9 Å². The van der Waals surface area contributed by atoms with E-state index in [2.05, 4.69) is 23.0 Å². The molecular formula is C26H34N6O3. The summed E-state index contributed by atoms with van der Waals surface area (Å²) in [6, 6.07) is 8.12. The van der Waals surface area contributed by atoms with Gasteiger partial charge >= 0.3 is 0 Å². The number of rotatable bonds is 7. The number of hydrogen-bond donors (Lipinski definition) is 1. The van der Waals surface area contributed by atoms with E-state index in [1.807, 2.05) is 48.6 Å². The molecule has 2 aromatic heterocycles. The van der Waals surface area contributed by atoms with E-state index < -0.39 is 0 Å². The molecule has 3 heterocycles. The Balaban J connectivity index is 1.43. The summed E-state index contributed by atoms with van der Waals surface area (Å²) in [4.78, 5) is 36.9. The van der Waals surface area contributed by atoms with Gasteiger partial charge in [0.1, 0.15) is 0 Å². The second-order valence-corrected chi connectivity index (χ2v) is 9.15. The van der Waals surface area contributed by atoms with Gasteiger partial charge in [-0.2, -0.15) is 5.10 Å². The molecule has 0 spiro atoms. The summed E-state index contributed by atoms with van der Waals surface area (Å²) in [6.45, 7) is 11.0. The van der Waals surface area contributed by atoms with Crippen molar-refractivity contribution >= 4 is 11.9 Å². The van der Waals surface area contributed by atoms with Gasteiger partial charge in [-0.3, -0.25) is 14.6 Å². The number of amides is 1. The lowest BCUT2D eigenvalue weighted by Crippen LogP contribution is -2.38. The van der Waals surface area contributed by atoms with E-state index >= 15 is 0 Å². The predicted octanol–water partition coefficient (Wildman–Crippen LogP) is 2.62. The van der Waals surface area contributed by atoms with Gasteiger partial charge in [-0.05, 0) is 45.7 Å². The number of aromatic amines is 1. The number of anilines is 1. The third-order valence-electron chi connectivity index (χ3n) is 6.72. The van der Waals surface area contributed by atoms with E-state index in [4.69, 9.17) is 9.84 Å². The number of carbonyl (C=O) groups is 1. The zero-order valence-corrected chi connectivity index (χ0v) is 21.2. The topological polar surface area (TPSA) is 96.3 Å². The number of hydrogen-bond acceptors (Lipinski definition) is 6. The Morgan fingerprint density at radius 3 is 2.49 bits per heavy atom. The Morgan fingerprint density at radius 2 is 1.80 bits per heavy atom. The number of aryl methyl sites for hydroxylation is 3. The number of carbonyl (C=O) groups excluding carboxylic acids is 1. The van der Waals surface area contributed by atoms with Gasteiger partial charge in [-0.25, -0.2) is 9.67 Å². The summed E-state index contributed by atoms with van der Waals surface area (Å²) in [5, 5.41) is 4.73. The maximum atomic E-state index is 13.0. The second-order valence-electron chi connectivity index (χ2n) is 9.15. The highest BCUT2D eigenvalue weighted by Gasteiger charge is 2.20. The molecule has 186 valence electrons. The summed E-state index contributed by atoms with van der Waals surface area (Å²) in [5.41, 5.74) is 6.18. The van der Waals surface area contributed by atoms with Crippen LogP contribution in [0.15, 0.2) is 29.1 Å². The molecule has 1 aliphatic heterocycles. The molecule has 1 amide bonds. The van der Waals surface area contributed by atoms with Gasteiger partial charge < -0.3 is 14.5 Å². The number of para-hydroxylation sites is 1. The van der Waals surface area contributed by atoms with Crippen LogP contribution < -0.4 is 10.5 Å². The summed E-state index contributed by atoms with van der Waals surface area (Å²) in [6.07, 6.45) is 0.587. The summed E-state index contributed by atoms with van der Waals surface area (Å²) in [5.74, 6) is 0.545. The molecule has 0 aliphatic carbocycles. The molecule has 1 aliphatic rings. The van der Waals surface area contributed by atoms with Gasteiger partial charge in [0.2, 0.25) is 11.9 Å². The van der Waals surface area contributed by atoms with Crippen molar-refractivity contribution in [1.29, 1.82) is 0 Å². The molecule has 1 N–H and O–H groups in total. The van der Waals surface area contributed by atoms with Crippen LogP contribution in [0.4, 0.5) is 5.95 Å². The van der Waals surface area contributed by atoms with E-state index in [9.17, 15) is 9.59 Å². The highest BCUT2D eigenvalue weighted by atomic mass is 16.5. The van der Waals surface area contributed by atoms with Crippen LogP contribution in [-0.4, -0.2) is 63.9 Å². The van der Waals surface area contributed by atoms with Crippen LogP contribution in [-0.2, 0) is 22.5 Å². The molecule has 0 radical (unpaired) electrons. The van der Waals surface area contributed by atoms with Gasteiger partial charge in [0, 0.05) is 55.6 Å². The van der Waals surface area contributed by atoms with Gasteiger partial charge in [0.05, 0.1) is 24.6 Å². The lowest BCUT2D eigenvalue weighted by Gasteiger charge is -2.27. The van der Waals surface area contributed by atoms with Gasteiger partial charge in [-0.15, -0.1) is 0 Å². The average molecular weight is 479 g/mol. The first-order valence-corrected chi connectivity index (χ1v) is 12.0. The predicted molar refractivity (Wildman–Crippen MR) is 135 cm³/mol. The molecular weight excluding hydrogens is 444 g/mol. The van der Waals surface area contributed by atoms with Crippen molar-refractivity contribution in [3.05, 3.63) is 68.4 Å². The zero-order chi connectivity index (χ0) is 25.1. The SMILES string of the molecule is Cc1ccccc1-n1nc(C)c(CN(C)C(=O)CCc2c(C)nc(N3CCOCC3)[nH]c2=O)c1C. The fourth-order valence-electron chi connectivity index (χ4n) is 4.50. The van der Waals surface area contributed by atoms with Crippen LogP contribution in [0.25, 0.3) is 5.69 Å². The number of morpholine rings is 1. The average Bonchev–Trinajstić information content (AvgIpc) is 3.12. The minimum Gasteiger partial charge on any atom is -0.378 e. The summed E-state index contributed by atoms with van der Waals surface area (Å²) >= 11 is 0. The standard InChI is InChI=1S/C26H34N6O3/c1-17-8-6-7-9-23(17)32-20(4)22(19(3)29-32)16-30(5)24(33)11-10-21-18(2)27-26(28-25(21)34)31-12-14-35-15-13-31/h6-9H,10-16H2,1-5H3,(H,27,28,34). The lowest BCUT2D eigenvalue weighted by atomic mass is 10.1. The maximum Gasteiger partial charge on any atom is 0.255 e. The van der Waals surface area contributed by atoms with Gasteiger partial charge in [0.25, 0.3) is 5.56 Å². The monoisotopic (exact) mass is 478 g/mol. The third-order valence-corrected chi connectivity index (χ3v) is 6.72. The van der Waals surface area contributed by atoms with Crippen LogP contribution in [0.3, 0.4) is 0 Å². The van der Waals surface area contributed by atoms with E-state index in [1.54, 1.807) is 11.9 Å². The van der Waals surface area contributed by atoms with Crippen molar-refractivity contribution in [2.45, 2.75) is 47.1 Å². The van der Waals surface area contributed by atoms with Crippen LogP contribution in [0.2, 0.25) is 0 Å². The quantitative estimate of drug-likeness (QED) is 0.561. The molecule has 3 aromatic rings. The second kappa shape index (κ2) is 10.4. The molecule has 0 saturated carbocycles. The number of benzene rings is 1. The highest BCUT2D eigenvalue weighted by Crippen LogP contribution is 2.22. The van der Waals surface area contributed by atoms with Crippen molar-refractivity contribution in [3.63, 3.8) is 0 Å². The van der Waals surface area contributed by atoms with Crippen LogP contribution in [0, 0.1) is 27.7 Å². The lowest BCUT2D eigenvalue weighted by molar-refractivity contribution is -0.130. The maximum absolute atomic E-state index is 13.0. The van der Waals surface area contributed by atoms with Crippen molar-refractivity contribution in [2.75, 3.05) is 38.3 Å². The molecule has 1 fully saturated rings. The van der Waals surface area contributed by atoms with Gasteiger partial charge in [-0.1, -0.05) is 18.2 Å². The number of nitrogens with zero attached hydrogens (tertiary/aromatic N) is 5. The Kier molecular flexibility index (Phi) is 7.35. The fourth-order valence-corrected chi connectivity index (χ4v) is 4.50. The molecule has 1 aromatic carbocycles. The minimum atomic E-state index is -0.180. The molecule has 1 saturated heterocycles. The summed E-state index contributed by atoms with van der Waals surface area (Å²) in [7, 11) is 1.79.